The quantitative estimate of drug-likeness (QED) is 0.447. The molecule has 6 heteroatoms. The van der Waals surface area contributed by atoms with Crippen molar-refractivity contribution in [3.8, 4) is 0 Å². The lowest BCUT2D eigenvalue weighted by Crippen LogP contribution is -2.11. The lowest BCUT2D eigenvalue weighted by atomic mass is 10.1. The van der Waals surface area contributed by atoms with Crippen LogP contribution in [0.25, 0.3) is 0 Å². The van der Waals surface area contributed by atoms with Gasteiger partial charge in [0.2, 0.25) is 6.08 Å². The number of carbonyl (C=O) groups is 2. The third kappa shape index (κ3) is 2.76. The van der Waals surface area contributed by atoms with Gasteiger partial charge in [0, 0.05) is 0 Å². The van der Waals surface area contributed by atoms with E-state index in [1.807, 2.05) is 0 Å². The van der Waals surface area contributed by atoms with Crippen LogP contribution in [0.1, 0.15) is 20.7 Å². The number of ether oxygens (including phenoxy) is 2. The van der Waals surface area contributed by atoms with Crippen molar-refractivity contribution in [1.82, 2.24) is 0 Å². The molecule has 1 aromatic rings. The summed E-state index contributed by atoms with van der Waals surface area (Å²) < 4.78 is 9.03. The number of aliphatic imine (C=N–C) groups is 1. The first-order valence-corrected chi connectivity index (χ1v) is 4.52. The van der Waals surface area contributed by atoms with Crippen molar-refractivity contribution in [3.05, 3.63) is 29.3 Å². The zero-order chi connectivity index (χ0) is 12.8. The first-order valence-electron chi connectivity index (χ1n) is 4.52. The normalized spacial score (nSPS) is 9.06. The van der Waals surface area contributed by atoms with Gasteiger partial charge >= 0.3 is 11.9 Å². The molecule has 1 rings (SSSR count). The molecule has 0 heterocycles. The Balaban J connectivity index is 3.35. The van der Waals surface area contributed by atoms with E-state index < -0.39 is 11.9 Å². The Morgan fingerprint density at radius 1 is 1.12 bits per heavy atom. The lowest BCUT2D eigenvalue weighted by molar-refractivity contribution is 0.0555. The number of hydrogen-bond acceptors (Lipinski definition) is 6. The number of benzene rings is 1. The highest BCUT2D eigenvalue weighted by Gasteiger charge is 2.18. The number of carbonyl (C=O) groups excluding carboxylic acids is 3. The molecule has 88 valence electrons. The van der Waals surface area contributed by atoms with Crippen molar-refractivity contribution in [2.45, 2.75) is 0 Å². The summed E-state index contributed by atoms with van der Waals surface area (Å²) in [6.45, 7) is 0. The summed E-state index contributed by atoms with van der Waals surface area (Å²) in [4.78, 5) is 36.3. The fourth-order valence-corrected chi connectivity index (χ4v) is 1.22. The van der Waals surface area contributed by atoms with Crippen molar-refractivity contribution in [2.24, 2.45) is 4.99 Å². The Morgan fingerprint density at radius 2 is 1.71 bits per heavy atom. The Morgan fingerprint density at radius 3 is 2.24 bits per heavy atom. The molecule has 0 saturated carbocycles. The predicted molar refractivity (Wildman–Crippen MR) is 56.9 cm³/mol. The van der Waals surface area contributed by atoms with E-state index in [1.54, 1.807) is 0 Å². The van der Waals surface area contributed by atoms with Gasteiger partial charge in [0.25, 0.3) is 0 Å². The highest BCUT2D eigenvalue weighted by atomic mass is 16.5. The minimum Gasteiger partial charge on any atom is -0.465 e. The maximum absolute atomic E-state index is 11.4. The highest BCUT2D eigenvalue weighted by molar-refractivity contribution is 6.03. The molecule has 17 heavy (non-hydrogen) atoms. The molecular formula is C11H9NO5. The van der Waals surface area contributed by atoms with Crippen LogP contribution in [-0.2, 0) is 14.3 Å². The van der Waals surface area contributed by atoms with E-state index in [4.69, 9.17) is 0 Å². The summed E-state index contributed by atoms with van der Waals surface area (Å²) in [6, 6.07) is 3.97. The van der Waals surface area contributed by atoms with Gasteiger partial charge in [-0.05, 0) is 18.2 Å². The van der Waals surface area contributed by atoms with Crippen molar-refractivity contribution >= 4 is 23.7 Å². The van der Waals surface area contributed by atoms with Gasteiger partial charge in [0.05, 0.1) is 31.0 Å². The monoisotopic (exact) mass is 235 g/mol. The van der Waals surface area contributed by atoms with Crippen LogP contribution in [0.3, 0.4) is 0 Å². The molecule has 0 aliphatic heterocycles. The number of isocyanates is 1. The van der Waals surface area contributed by atoms with Crippen LogP contribution in [0.4, 0.5) is 5.69 Å². The van der Waals surface area contributed by atoms with Crippen molar-refractivity contribution in [2.75, 3.05) is 14.2 Å². The van der Waals surface area contributed by atoms with Crippen LogP contribution in [-0.4, -0.2) is 32.2 Å². The molecule has 0 aliphatic rings. The molecule has 1 aromatic carbocycles. The molecule has 0 spiro atoms. The first kappa shape index (κ1) is 12.6. The van der Waals surface area contributed by atoms with Gasteiger partial charge in [-0.1, -0.05) is 0 Å². The number of rotatable bonds is 3. The van der Waals surface area contributed by atoms with Crippen molar-refractivity contribution in [1.29, 1.82) is 0 Å². The van der Waals surface area contributed by atoms with Gasteiger partial charge in [-0.15, -0.1) is 0 Å². The average Bonchev–Trinajstić information content (AvgIpc) is 2.37. The zero-order valence-electron chi connectivity index (χ0n) is 9.22. The van der Waals surface area contributed by atoms with E-state index in [2.05, 4.69) is 14.5 Å². The Labute approximate surface area is 96.9 Å². The second kappa shape index (κ2) is 5.58. The molecule has 6 nitrogen and oxygen atoms in total. The molecule has 0 amide bonds. The van der Waals surface area contributed by atoms with Crippen LogP contribution in [0.2, 0.25) is 0 Å². The fraction of sp³-hybridized carbons (Fsp3) is 0.182. The van der Waals surface area contributed by atoms with Crippen LogP contribution in [0.15, 0.2) is 23.2 Å². The van der Waals surface area contributed by atoms with E-state index in [9.17, 15) is 14.4 Å². The predicted octanol–water partition coefficient (Wildman–Crippen LogP) is 1.23. The van der Waals surface area contributed by atoms with Gasteiger partial charge in [-0.3, -0.25) is 0 Å². The second-order valence-electron chi connectivity index (χ2n) is 2.92. The lowest BCUT2D eigenvalue weighted by Gasteiger charge is -2.06. The van der Waals surface area contributed by atoms with E-state index in [-0.39, 0.29) is 16.8 Å². The van der Waals surface area contributed by atoms with Gasteiger partial charge < -0.3 is 9.47 Å². The summed E-state index contributed by atoms with van der Waals surface area (Å²) in [6.07, 6.45) is 1.34. The van der Waals surface area contributed by atoms with E-state index in [0.29, 0.717) is 0 Å². The van der Waals surface area contributed by atoms with Crippen LogP contribution >= 0.6 is 0 Å². The van der Waals surface area contributed by atoms with E-state index in [0.717, 1.165) is 0 Å². The van der Waals surface area contributed by atoms with Crippen LogP contribution in [0, 0.1) is 0 Å². The van der Waals surface area contributed by atoms with Gasteiger partial charge in [0.15, 0.2) is 0 Å². The molecule has 0 bridgehead atoms. The maximum atomic E-state index is 11.4. The summed E-state index contributed by atoms with van der Waals surface area (Å²) in [7, 11) is 2.37. The molecule has 0 radical (unpaired) electrons. The van der Waals surface area contributed by atoms with Crippen molar-refractivity contribution < 1.29 is 23.9 Å². The van der Waals surface area contributed by atoms with Gasteiger partial charge in [0.1, 0.15) is 0 Å². The summed E-state index contributed by atoms with van der Waals surface area (Å²) in [5.74, 6) is -1.39. The van der Waals surface area contributed by atoms with Crippen LogP contribution < -0.4 is 0 Å². The minimum absolute atomic E-state index is 0.0177. The van der Waals surface area contributed by atoms with Crippen molar-refractivity contribution in [3.63, 3.8) is 0 Å². The van der Waals surface area contributed by atoms with Crippen LogP contribution in [0.5, 0.6) is 0 Å². The number of methoxy groups -OCH3 is 2. The SMILES string of the molecule is COC(=O)c1ccc(N=C=O)cc1C(=O)OC. The summed E-state index contributed by atoms with van der Waals surface area (Å²) in [5, 5.41) is 0. The maximum Gasteiger partial charge on any atom is 0.338 e. The zero-order valence-corrected chi connectivity index (χ0v) is 9.22. The molecule has 0 unspecified atom stereocenters. The third-order valence-electron chi connectivity index (χ3n) is 1.99. The Kier molecular flexibility index (Phi) is 4.14. The molecule has 0 fully saturated rings. The average molecular weight is 235 g/mol. The summed E-state index contributed by atoms with van der Waals surface area (Å²) in [5.41, 5.74) is 0.230. The molecular weight excluding hydrogens is 226 g/mol. The number of hydrogen-bond donors (Lipinski definition) is 0. The van der Waals surface area contributed by atoms with Gasteiger partial charge in [-0.25, -0.2) is 14.4 Å². The standard InChI is InChI=1S/C11H9NO5/c1-16-10(14)8-4-3-7(12-6-13)5-9(8)11(15)17-2/h3-5H,1-2H3. The molecule has 0 saturated heterocycles. The molecule has 0 atom stereocenters. The Bertz CT molecular complexity index is 503. The first-order chi connectivity index (χ1) is 8.13. The van der Waals surface area contributed by atoms with E-state index in [1.165, 1.54) is 38.5 Å². The van der Waals surface area contributed by atoms with E-state index >= 15 is 0 Å². The summed E-state index contributed by atoms with van der Waals surface area (Å²) >= 11 is 0. The third-order valence-corrected chi connectivity index (χ3v) is 1.99. The highest BCUT2D eigenvalue weighted by Crippen LogP contribution is 2.19. The Hall–Kier alpha value is -2.46. The molecule has 0 N–H and O–H groups in total. The topological polar surface area (TPSA) is 82.0 Å². The number of esters is 2. The second-order valence-corrected chi connectivity index (χ2v) is 2.92. The van der Waals surface area contributed by atoms with Gasteiger partial charge in [-0.2, -0.15) is 4.99 Å². The molecule has 0 aliphatic carbocycles. The minimum atomic E-state index is -0.714. The smallest absolute Gasteiger partial charge is 0.338 e. The fourth-order valence-electron chi connectivity index (χ4n) is 1.22. The number of nitrogens with zero attached hydrogens (tertiary/aromatic N) is 1. The molecule has 0 aromatic heterocycles. The largest absolute Gasteiger partial charge is 0.465 e.